The van der Waals surface area contributed by atoms with E-state index >= 15 is 0 Å². The average molecular weight is 413 g/mol. The lowest BCUT2D eigenvalue weighted by atomic mass is 10.3. The predicted octanol–water partition coefficient (Wildman–Crippen LogP) is 4.94. The van der Waals surface area contributed by atoms with Gasteiger partial charge in [0.05, 0.1) is 19.3 Å². The topological polar surface area (TPSA) is 34.1 Å². The van der Waals surface area contributed by atoms with E-state index in [0.717, 1.165) is 25.3 Å². The van der Waals surface area contributed by atoms with Gasteiger partial charge in [-0.3, -0.25) is 0 Å². The number of hydrogen-bond donors (Lipinski definition) is 1. The van der Waals surface area contributed by atoms with E-state index in [4.69, 9.17) is 16.3 Å². The molecule has 2 rings (SSSR count). The second kappa shape index (κ2) is 6.23. The van der Waals surface area contributed by atoms with Gasteiger partial charge in [-0.25, -0.2) is 4.98 Å². The summed E-state index contributed by atoms with van der Waals surface area (Å²) in [5.41, 5.74) is 0.908. The van der Waals surface area contributed by atoms with Crippen LogP contribution < -0.4 is 10.1 Å². The van der Waals surface area contributed by atoms with Crippen molar-refractivity contribution in [2.24, 2.45) is 0 Å². The fourth-order valence-electron chi connectivity index (χ4n) is 1.42. The van der Waals surface area contributed by atoms with Gasteiger partial charge in [-0.1, -0.05) is 27.5 Å². The molecule has 3 nitrogen and oxygen atoms in total. The van der Waals surface area contributed by atoms with Crippen molar-refractivity contribution in [2.45, 2.75) is 6.54 Å². The maximum Gasteiger partial charge on any atom is 0.183 e. The average Bonchev–Trinajstić information content (AvgIpc) is 2.73. The summed E-state index contributed by atoms with van der Waals surface area (Å²) >= 11 is 14.2. The molecule has 0 saturated heterocycles. The molecule has 2 aromatic rings. The number of nitrogens with one attached hydrogen (secondary N) is 1. The minimum Gasteiger partial charge on any atom is -0.495 e. The lowest BCUT2D eigenvalue weighted by molar-refractivity contribution is 0.416. The summed E-state index contributed by atoms with van der Waals surface area (Å²) in [7, 11) is 1.64. The van der Waals surface area contributed by atoms with Crippen LogP contribution in [0.15, 0.2) is 27.3 Å². The van der Waals surface area contributed by atoms with Crippen LogP contribution >= 0.6 is 54.8 Å². The molecule has 0 amide bonds. The van der Waals surface area contributed by atoms with E-state index in [1.54, 1.807) is 13.3 Å². The van der Waals surface area contributed by atoms with Gasteiger partial charge in [-0.15, -0.1) is 11.3 Å². The fraction of sp³-hybridized carbons (Fsp3) is 0.182. The standard InChI is InChI=1S/C11H9Br2ClN2OS/c1-17-9-3-6(12)2-8(13)10(9)15-4-7-5-16-11(14)18-7/h2-3,5,15H,4H2,1H3. The van der Waals surface area contributed by atoms with E-state index in [1.165, 1.54) is 11.3 Å². The maximum atomic E-state index is 5.79. The van der Waals surface area contributed by atoms with E-state index in [9.17, 15) is 0 Å². The van der Waals surface area contributed by atoms with Crippen LogP contribution in [-0.4, -0.2) is 12.1 Å². The number of anilines is 1. The molecule has 0 aliphatic rings. The lowest BCUT2D eigenvalue weighted by Crippen LogP contribution is -2.01. The van der Waals surface area contributed by atoms with Crippen LogP contribution in [0.25, 0.3) is 0 Å². The molecule has 0 bridgehead atoms. The van der Waals surface area contributed by atoms with Crippen molar-refractivity contribution >= 4 is 60.5 Å². The molecule has 96 valence electrons. The molecule has 0 atom stereocenters. The normalized spacial score (nSPS) is 10.4. The second-order valence-corrected chi connectivity index (χ2v) is 6.87. The highest BCUT2D eigenvalue weighted by Crippen LogP contribution is 2.36. The van der Waals surface area contributed by atoms with Gasteiger partial charge >= 0.3 is 0 Å². The third-order valence-corrected chi connectivity index (χ3v) is 4.40. The van der Waals surface area contributed by atoms with E-state index in [0.29, 0.717) is 11.0 Å². The summed E-state index contributed by atoms with van der Waals surface area (Å²) in [5.74, 6) is 0.770. The first kappa shape index (κ1) is 14.1. The summed E-state index contributed by atoms with van der Waals surface area (Å²) in [6.45, 7) is 0.654. The van der Waals surface area contributed by atoms with Crippen molar-refractivity contribution in [3.05, 3.63) is 36.6 Å². The second-order valence-electron chi connectivity index (χ2n) is 3.40. The van der Waals surface area contributed by atoms with E-state index in [2.05, 4.69) is 42.2 Å². The molecule has 0 fully saturated rings. The molecule has 18 heavy (non-hydrogen) atoms. The zero-order valence-corrected chi connectivity index (χ0v) is 14.1. The molecule has 1 N–H and O–H groups in total. The van der Waals surface area contributed by atoms with E-state index in [1.807, 2.05) is 12.1 Å². The minimum atomic E-state index is 0.550. The van der Waals surface area contributed by atoms with Crippen molar-refractivity contribution in [3.8, 4) is 5.75 Å². The summed E-state index contributed by atoms with van der Waals surface area (Å²) in [4.78, 5) is 5.07. The minimum absolute atomic E-state index is 0.550. The van der Waals surface area contributed by atoms with Crippen molar-refractivity contribution in [2.75, 3.05) is 12.4 Å². The van der Waals surface area contributed by atoms with Gasteiger partial charge in [-0.2, -0.15) is 0 Å². The Kier molecular flexibility index (Phi) is 4.89. The van der Waals surface area contributed by atoms with Gasteiger partial charge in [0, 0.05) is 20.0 Å². The highest BCUT2D eigenvalue weighted by molar-refractivity contribution is 9.11. The molecule has 0 saturated carbocycles. The molecule has 1 heterocycles. The van der Waals surface area contributed by atoms with Crippen LogP contribution in [0.2, 0.25) is 4.47 Å². The number of hydrogen-bond acceptors (Lipinski definition) is 4. The zero-order chi connectivity index (χ0) is 13.1. The number of aromatic nitrogens is 1. The summed E-state index contributed by atoms with van der Waals surface area (Å²) in [6, 6.07) is 3.87. The Morgan fingerprint density at radius 2 is 2.22 bits per heavy atom. The van der Waals surface area contributed by atoms with E-state index in [-0.39, 0.29) is 0 Å². The molecule has 0 spiro atoms. The third-order valence-electron chi connectivity index (χ3n) is 2.20. The molecule has 1 aromatic carbocycles. The van der Waals surface area contributed by atoms with Gasteiger partial charge in [0.15, 0.2) is 4.47 Å². The Hall–Kier alpha value is -0.300. The first-order chi connectivity index (χ1) is 8.60. The maximum absolute atomic E-state index is 5.79. The Balaban J connectivity index is 2.18. The first-order valence-corrected chi connectivity index (χ1v) is 7.75. The van der Waals surface area contributed by atoms with Crippen molar-refractivity contribution in [1.29, 1.82) is 0 Å². The molecule has 1 aromatic heterocycles. The van der Waals surface area contributed by atoms with Gasteiger partial charge < -0.3 is 10.1 Å². The number of benzene rings is 1. The Labute approximate surface area is 131 Å². The van der Waals surface area contributed by atoms with Crippen molar-refractivity contribution in [1.82, 2.24) is 4.98 Å². The fourth-order valence-corrected chi connectivity index (χ4v) is 3.67. The van der Waals surface area contributed by atoms with Crippen LogP contribution in [0, 0.1) is 0 Å². The summed E-state index contributed by atoms with van der Waals surface area (Å²) in [6.07, 6.45) is 1.76. The molecular formula is C11H9Br2ClN2OS. The van der Waals surface area contributed by atoms with Gasteiger partial charge in [-0.05, 0) is 28.1 Å². The molecule has 0 unspecified atom stereocenters. The van der Waals surface area contributed by atoms with Crippen molar-refractivity contribution in [3.63, 3.8) is 0 Å². The number of halogens is 3. The molecule has 0 aliphatic heterocycles. The number of ether oxygens (including phenoxy) is 1. The van der Waals surface area contributed by atoms with Gasteiger partial charge in [0.25, 0.3) is 0 Å². The highest BCUT2D eigenvalue weighted by atomic mass is 79.9. The Morgan fingerprint density at radius 3 is 2.83 bits per heavy atom. The third kappa shape index (κ3) is 3.38. The number of methoxy groups -OCH3 is 1. The van der Waals surface area contributed by atoms with Crippen LogP contribution in [0.5, 0.6) is 5.75 Å². The zero-order valence-electron chi connectivity index (χ0n) is 9.34. The Bertz CT molecular complexity index is 562. The predicted molar refractivity (Wildman–Crippen MR) is 82.8 cm³/mol. The van der Waals surface area contributed by atoms with Crippen LogP contribution in [0.4, 0.5) is 5.69 Å². The quantitative estimate of drug-likeness (QED) is 0.772. The van der Waals surface area contributed by atoms with Gasteiger partial charge in [0.2, 0.25) is 0 Å². The highest BCUT2D eigenvalue weighted by Gasteiger charge is 2.09. The SMILES string of the molecule is COc1cc(Br)cc(Br)c1NCc1cnc(Cl)s1. The van der Waals surface area contributed by atoms with Crippen LogP contribution in [0.3, 0.4) is 0 Å². The smallest absolute Gasteiger partial charge is 0.183 e. The molecule has 7 heteroatoms. The van der Waals surface area contributed by atoms with Gasteiger partial charge in [0.1, 0.15) is 5.75 Å². The van der Waals surface area contributed by atoms with Crippen LogP contribution in [-0.2, 0) is 6.54 Å². The number of nitrogens with zero attached hydrogens (tertiary/aromatic N) is 1. The molecule has 0 aliphatic carbocycles. The monoisotopic (exact) mass is 410 g/mol. The van der Waals surface area contributed by atoms with Crippen LogP contribution in [0.1, 0.15) is 4.88 Å². The Morgan fingerprint density at radius 1 is 1.44 bits per heavy atom. The number of rotatable bonds is 4. The van der Waals surface area contributed by atoms with Crippen molar-refractivity contribution < 1.29 is 4.74 Å². The largest absolute Gasteiger partial charge is 0.495 e. The number of thiazole rings is 1. The molecule has 0 radical (unpaired) electrons. The van der Waals surface area contributed by atoms with E-state index < -0.39 is 0 Å². The molecular weight excluding hydrogens is 403 g/mol. The summed E-state index contributed by atoms with van der Waals surface area (Å²) in [5, 5.41) is 3.31. The summed E-state index contributed by atoms with van der Waals surface area (Å²) < 4.78 is 7.78. The first-order valence-electron chi connectivity index (χ1n) is 4.97. The lowest BCUT2D eigenvalue weighted by Gasteiger charge is -2.13.